The summed E-state index contributed by atoms with van der Waals surface area (Å²) in [6, 6.07) is 4.38. The molecule has 0 unspecified atom stereocenters. The zero-order valence-corrected chi connectivity index (χ0v) is 15.2. The number of rotatable bonds is 5. The van der Waals surface area contributed by atoms with Crippen LogP contribution < -0.4 is 4.80 Å². The van der Waals surface area contributed by atoms with Crippen LogP contribution in [0.5, 0.6) is 0 Å². The number of carbonyl (C=O) groups excluding carboxylic acids is 2. The van der Waals surface area contributed by atoms with E-state index in [1.807, 2.05) is 0 Å². The maximum atomic E-state index is 12.4. The molecule has 9 heteroatoms. The van der Waals surface area contributed by atoms with Crippen LogP contribution in [0.3, 0.4) is 0 Å². The van der Waals surface area contributed by atoms with E-state index in [4.69, 9.17) is 4.74 Å². The standard InChI is InChI=1S/C17H19N3O5S/c1-2-25-15(21)10-19-13-8-7-12(20(23)24)9-14(13)26-17(19)18-16(22)11-5-3-4-6-11/h7-9,11H,2-6,10H2,1H3. The molecule has 0 radical (unpaired) electrons. The Balaban J connectivity index is 2.07. The second-order valence-electron chi connectivity index (χ2n) is 6.12. The van der Waals surface area contributed by atoms with E-state index < -0.39 is 10.9 Å². The van der Waals surface area contributed by atoms with Gasteiger partial charge in [-0.3, -0.25) is 19.7 Å². The topological polar surface area (TPSA) is 104 Å². The van der Waals surface area contributed by atoms with Gasteiger partial charge in [0.05, 0.1) is 21.7 Å². The number of fused-ring (bicyclic) bond motifs is 1. The third-order valence-electron chi connectivity index (χ3n) is 4.38. The molecule has 0 atom stereocenters. The normalized spacial score (nSPS) is 15.5. The largest absolute Gasteiger partial charge is 0.465 e. The van der Waals surface area contributed by atoms with Gasteiger partial charge in [-0.05, 0) is 25.8 Å². The lowest BCUT2D eigenvalue weighted by atomic mass is 10.1. The van der Waals surface area contributed by atoms with Crippen LogP contribution in [0.15, 0.2) is 23.2 Å². The molecule has 1 amide bonds. The molecular formula is C17H19N3O5S. The first-order valence-electron chi connectivity index (χ1n) is 8.51. The SMILES string of the molecule is CCOC(=O)Cn1c(=NC(=O)C2CCCC2)sc2cc([N+](=O)[O-])ccc21. The summed E-state index contributed by atoms with van der Waals surface area (Å²) in [5, 5.41) is 11.0. The molecule has 1 aromatic heterocycles. The highest BCUT2D eigenvalue weighted by Gasteiger charge is 2.23. The second kappa shape index (κ2) is 7.77. The molecule has 2 aromatic rings. The van der Waals surface area contributed by atoms with Gasteiger partial charge in [0.1, 0.15) is 6.54 Å². The molecule has 1 heterocycles. The van der Waals surface area contributed by atoms with Crippen molar-refractivity contribution in [1.29, 1.82) is 0 Å². The van der Waals surface area contributed by atoms with E-state index in [9.17, 15) is 19.7 Å². The number of thiazole rings is 1. The fourth-order valence-electron chi connectivity index (χ4n) is 3.11. The second-order valence-corrected chi connectivity index (χ2v) is 7.13. The lowest BCUT2D eigenvalue weighted by Crippen LogP contribution is -2.24. The van der Waals surface area contributed by atoms with Gasteiger partial charge < -0.3 is 9.30 Å². The van der Waals surface area contributed by atoms with Crippen molar-refractivity contribution in [1.82, 2.24) is 4.57 Å². The van der Waals surface area contributed by atoms with Gasteiger partial charge in [0.15, 0.2) is 4.80 Å². The summed E-state index contributed by atoms with van der Waals surface area (Å²) in [6.45, 7) is 1.87. The Hall–Kier alpha value is -2.55. The molecule has 0 bridgehead atoms. The number of nitro benzene ring substituents is 1. The number of esters is 1. The first kappa shape index (κ1) is 18.2. The van der Waals surface area contributed by atoms with Gasteiger partial charge in [0, 0.05) is 18.1 Å². The van der Waals surface area contributed by atoms with Crippen molar-refractivity contribution >= 4 is 39.1 Å². The Kier molecular flexibility index (Phi) is 5.46. The Morgan fingerprint density at radius 3 is 2.77 bits per heavy atom. The van der Waals surface area contributed by atoms with Crippen molar-refractivity contribution in [3.63, 3.8) is 0 Å². The van der Waals surface area contributed by atoms with Crippen molar-refractivity contribution in [2.45, 2.75) is 39.2 Å². The first-order chi connectivity index (χ1) is 12.5. The monoisotopic (exact) mass is 377 g/mol. The van der Waals surface area contributed by atoms with Crippen LogP contribution in [0.1, 0.15) is 32.6 Å². The molecule has 0 saturated heterocycles. The minimum Gasteiger partial charge on any atom is -0.465 e. The highest BCUT2D eigenvalue weighted by Crippen LogP contribution is 2.26. The van der Waals surface area contributed by atoms with Crippen molar-refractivity contribution in [2.24, 2.45) is 10.9 Å². The van der Waals surface area contributed by atoms with Gasteiger partial charge in [-0.25, -0.2) is 0 Å². The molecule has 1 aliphatic rings. The average Bonchev–Trinajstić information content (AvgIpc) is 3.23. The van der Waals surface area contributed by atoms with Crippen LogP contribution in [-0.2, 0) is 20.9 Å². The van der Waals surface area contributed by atoms with E-state index in [2.05, 4.69) is 4.99 Å². The number of hydrogen-bond donors (Lipinski definition) is 0. The number of aromatic nitrogens is 1. The third-order valence-corrected chi connectivity index (χ3v) is 5.42. The molecule has 3 rings (SSSR count). The summed E-state index contributed by atoms with van der Waals surface area (Å²) in [6.07, 6.45) is 3.70. The van der Waals surface area contributed by atoms with Gasteiger partial charge in [0.25, 0.3) is 11.6 Å². The molecule has 0 spiro atoms. The van der Waals surface area contributed by atoms with E-state index in [-0.39, 0.29) is 30.7 Å². The lowest BCUT2D eigenvalue weighted by Gasteiger charge is -2.06. The molecule has 8 nitrogen and oxygen atoms in total. The minimum atomic E-state index is -0.477. The summed E-state index contributed by atoms with van der Waals surface area (Å²) in [4.78, 5) is 39.5. The van der Waals surface area contributed by atoms with E-state index in [0.717, 1.165) is 25.7 Å². The maximum absolute atomic E-state index is 12.4. The van der Waals surface area contributed by atoms with Crippen LogP contribution in [0, 0.1) is 16.0 Å². The molecule has 1 fully saturated rings. The zero-order valence-electron chi connectivity index (χ0n) is 14.3. The molecular weight excluding hydrogens is 358 g/mol. The first-order valence-corrected chi connectivity index (χ1v) is 9.33. The van der Waals surface area contributed by atoms with Crippen molar-refractivity contribution in [2.75, 3.05) is 6.61 Å². The van der Waals surface area contributed by atoms with E-state index in [0.29, 0.717) is 15.0 Å². The van der Waals surface area contributed by atoms with Crippen molar-refractivity contribution in [3.05, 3.63) is 33.1 Å². The Morgan fingerprint density at radius 1 is 1.38 bits per heavy atom. The number of non-ortho nitro benzene ring substituents is 1. The summed E-state index contributed by atoms with van der Waals surface area (Å²) in [7, 11) is 0. The van der Waals surface area contributed by atoms with Crippen LogP contribution >= 0.6 is 11.3 Å². The number of nitro groups is 1. The van der Waals surface area contributed by atoms with Crippen molar-refractivity contribution in [3.8, 4) is 0 Å². The number of ether oxygens (including phenoxy) is 1. The molecule has 1 aromatic carbocycles. The highest BCUT2D eigenvalue weighted by molar-refractivity contribution is 7.16. The van der Waals surface area contributed by atoms with Crippen molar-refractivity contribution < 1.29 is 19.2 Å². The van der Waals surface area contributed by atoms with Gasteiger partial charge in [-0.15, -0.1) is 0 Å². The quantitative estimate of drug-likeness (QED) is 0.453. The fourth-order valence-corrected chi connectivity index (χ4v) is 4.18. The average molecular weight is 377 g/mol. The van der Waals surface area contributed by atoms with Crippen LogP contribution in [0.25, 0.3) is 10.2 Å². The fraction of sp³-hybridized carbons (Fsp3) is 0.471. The van der Waals surface area contributed by atoms with E-state index in [1.54, 1.807) is 17.6 Å². The summed E-state index contributed by atoms with van der Waals surface area (Å²) >= 11 is 1.17. The predicted molar refractivity (Wildman–Crippen MR) is 95.6 cm³/mol. The summed E-state index contributed by atoms with van der Waals surface area (Å²) < 4.78 is 7.19. The summed E-state index contributed by atoms with van der Waals surface area (Å²) in [5.41, 5.74) is 0.572. The zero-order chi connectivity index (χ0) is 18.7. The maximum Gasteiger partial charge on any atom is 0.326 e. The Bertz CT molecular complexity index is 924. The van der Waals surface area contributed by atoms with Crippen LogP contribution in [0.2, 0.25) is 0 Å². The van der Waals surface area contributed by atoms with Crippen LogP contribution in [0.4, 0.5) is 5.69 Å². The lowest BCUT2D eigenvalue weighted by molar-refractivity contribution is -0.384. The smallest absolute Gasteiger partial charge is 0.326 e. The summed E-state index contributed by atoms with van der Waals surface area (Å²) in [5.74, 6) is -0.716. The van der Waals surface area contributed by atoms with Crippen LogP contribution in [-0.4, -0.2) is 28.0 Å². The van der Waals surface area contributed by atoms with E-state index >= 15 is 0 Å². The minimum absolute atomic E-state index is 0.0456. The Labute approximate surface area is 153 Å². The molecule has 0 aliphatic heterocycles. The number of carbonyl (C=O) groups is 2. The van der Waals surface area contributed by atoms with Gasteiger partial charge in [-0.1, -0.05) is 24.2 Å². The van der Waals surface area contributed by atoms with Gasteiger partial charge >= 0.3 is 5.97 Å². The molecule has 1 aliphatic carbocycles. The van der Waals surface area contributed by atoms with Gasteiger partial charge in [0.2, 0.25) is 0 Å². The number of hydrogen-bond acceptors (Lipinski definition) is 6. The predicted octanol–water partition coefficient (Wildman–Crippen LogP) is 2.79. The third kappa shape index (κ3) is 3.82. The van der Waals surface area contributed by atoms with Gasteiger partial charge in [-0.2, -0.15) is 4.99 Å². The molecule has 138 valence electrons. The number of amides is 1. The highest BCUT2D eigenvalue weighted by atomic mass is 32.1. The number of nitrogens with zero attached hydrogens (tertiary/aromatic N) is 3. The van der Waals surface area contributed by atoms with E-state index in [1.165, 1.54) is 23.5 Å². The molecule has 1 saturated carbocycles. The Morgan fingerprint density at radius 2 is 2.12 bits per heavy atom. The molecule has 0 N–H and O–H groups in total. The number of benzene rings is 1. The molecule has 26 heavy (non-hydrogen) atoms.